The predicted molar refractivity (Wildman–Crippen MR) is 125 cm³/mol. The Morgan fingerprint density at radius 1 is 1.16 bits per heavy atom. The van der Waals surface area contributed by atoms with Crippen LogP contribution in [0.1, 0.15) is 17.0 Å². The maximum Gasteiger partial charge on any atom is 0.331 e. The van der Waals surface area contributed by atoms with Crippen LogP contribution in [0.4, 0.5) is 5.69 Å². The molecule has 0 amide bonds. The number of carbonyl (C=O) groups is 1. The lowest BCUT2D eigenvalue weighted by Gasteiger charge is -2.32. The second kappa shape index (κ2) is 10.4. The van der Waals surface area contributed by atoms with E-state index in [0.717, 1.165) is 49.8 Å². The van der Waals surface area contributed by atoms with Crippen molar-refractivity contribution in [3.8, 4) is 5.75 Å². The van der Waals surface area contributed by atoms with E-state index in [0.29, 0.717) is 5.92 Å². The molecule has 166 valence electrons. The molecule has 2 heterocycles. The van der Waals surface area contributed by atoms with Crippen LogP contribution in [0, 0.1) is 0 Å². The van der Waals surface area contributed by atoms with Gasteiger partial charge < -0.3 is 15.2 Å². The highest BCUT2D eigenvalue weighted by Gasteiger charge is 2.30. The Morgan fingerprint density at radius 2 is 1.87 bits per heavy atom. The SMILES string of the molecule is COc1ccc(C2CNC(Nc3ccc(CCN4CCSC4C(=O)O)cc3)NC2)cc1. The van der Waals surface area contributed by atoms with Crippen LogP contribution in [0.25, 0.3) is 0 Å². The van der Waals surface area contributed by atoms with E-state index in [1.54, 1.807) is 7.11 Å². The average Bonchev–Trinajstić information content (AvgIpc) is 3.28. The molecule has 4 rings (SSSR count). The molecule has 1 atom stereocenters. The van der Waals surface area contributed by atoms with Crippen molar-refractivity contribution in [1.29, 1.82) is 0 Å². The highest BCUT2D eigenvalue weighted by Crippen LogP contribution is 2.24. The van der Waals surface area contributed by atoms with E-state index in [-0.39, 0.29) is 6.29 Å². The van der Waals surface area contributed by atoms with Crippen LogP contribution >= 0.6 is 11.8 Å². The summed E-state index contributed by atoms with van der Waals surface area (Å²) in [5, 5.41) is 19.4. The zero-order valence-corrected chi connectivity index (χ0v) is 18.5. The Morgan fingerprint density at radius 3 is 2.52 bits per heavy atom. The Hall–Kier alpha value is -2.26. The number of nitrogens with zero attached hydrogens (tertiary/aromatic N) is 1. The van der Waals surface area contributed by atoms with Crippen LogP contribution in [-0.4, -0.2) is 66.7 Å². The fourth-order valence-electron chi connectivity index (χ4n) is 4.05. The highest BCUT2D eigenvalue weighted by molar-refractivity contribution is 8.00. The lowest BCUT2D eigenvalue weighted by Crippen LogP contribution is -2.55. The molecule has 0 aliphatic carbocycles. The van der Waals surface area contributed by atoms with Crippen LogP contribution in [0.3, 0.4) is 0 Å². The van der Waals surface area contributed by atoms with Gasteiger partial charge in [0.05, 0.1) is 7.11 Å². The molecule has 7 nitrogen and oxygen atoms in total. The third-order valence-corrected chi connectivity index (χ3v) is 7.11. The minimum atomic E-state index is -0.733. The number of methoxy groups -OCH3 is 1. The fourth-order valence-corrected chi connectivity index (χ4v) is 5.17. The molecule has 0 saturated carbocycles. The van der Waals surface area contributed by atoms with Gasteiger partial charge in [-0.25, -0.2) is 4.79 Å². The molecule has 2 aliphatic heterocycles. The summed E-state index contributed by atoms with van der Waals surface area (Å²) in [6, 6.07) is 16.7. The average molecular weight is 443 g/mol. The van der Waals surface area contributed by atoms with E-state index in [9.17, 15) is 9.90 Å². The first-order valence-electron chi connectivity index (χ1n) is 10.7. The van der Waals surface area contributed by atoms with Crippen LogP contribution in [-0.2, 0) is 11.2 Å². The van der Waals surface area contributed by atoms with Crippen LogP contribution in [0.5, 0.6) is 5.75 Å². The quantitative estimate of drug-likeness (QED) is 0.496. The first kappa shape index (κ1) is 22.0. The molecule has 31 heavy (non-hydrogen) atoms. The number of carboxylic acid groups (broad SMARTS) is 1. The smallest absolute Gasteiger partial charge is 0.331 e. The van der Waals surface area contributed by atoms with E-state index in [1.165, 1.54) is 22.9 Å². The van der Waals surface area contributed by atoms with Crippen molar-refractivity contribution >= 4 is 23.4 Å². The number of anilines is 1. The maximum absolute atomic E-state index is 11.3. The number of hydrogen-bond acceptors (Lipinski definition) is 7. The number of hydrogen-bond donors (Lipinski definition) is 4. The normalized spacial score (nSPS) is 24.1. The third kappa shape index (κ3) is 5.71. The van der Waals surface area contributed by atoms with Crippen LogP contribution in [0.2, 0.25) is 0 Å². The van der Waals surface area contributed by atoms with Gasteiger partial charge in [-0.15, -0.1) is 11.8 Å². The predicted octanol–water partition coefficient (Wildman–Crippen LogP) is 2.37. The second-order valence-corrected chi connectivity index (χ2v) is 9.10. The molecule has 8 heteroatoms. The van der Waals surface area contributed by atoms with Gasteiger partial charge in [0.25, 0.3) is 0 Å². The Labute approximate surface area is 187 Å². The Bertz CT molecular complexity index is 854. The van der Waals surface area contributed by atoms with Gasteiger partial charge >= 0.3 is 5.97 Å². The summed E-state index contributed by atoms with van der Waals surface area (Å²) in [6.07, 6.45) is 0.881. The number of thioether (sulfide) groups is 1. The second-order valence-electron chi connectivity index (χ2n) is 7.91. The molecular formula is C23H30N4O3S. The molecule has 1 unspecified atom stereocenters. The Balaban J connectivity index is 1.23. The number of rotatable bonds is 8. The van der Waals surface area contributed by atoms with Gasteiger partial charge in [-0.3, -0.25) is 15.5 Å². The van der Waals surface area contributed by atoms with Gasteiger partial charge in [0.1, 0.15) is 12.0 Å². The molecule has 2 aliphatic rings. The van der Waals surface area contributed by atoms with Crippen molar-refractivity contribution in [2.75, 3.05) is 44.4 Å². The molecule has 2 aromatic rings. The summed E-state index contributed by atoms with van der Waals surface area (Å²) in [5.74, 6) is 1.46. The van der Waals surface area contributed by atoms with Crippen molar-refractivity contribution in [3.63, 3.8) is 0 Å². The molecule has 2 fully saturated rings. The first-order valence-corrected chi connectivity index (χ1v) is 11.7. The maximum atomic E-state index is 11.3. The number of nitrogens with one attached hydrogen (secondary N) is 3. The van der Waals surface area contributed by atoms with E-state index >= 15 is 0 Å². The monoisotopic (exact) mass is 442 g/mol. The van der Waals surface area contributed by atoms with Gasteiger partial charge in [0.2, 0.25) is 0 Å². The van der Waals surface area contributed by atoms with Gasteiger partial charge in [-0.1, -0.05) is 24.3 Å². The lowest BCUT2D eigenvalue weighted by atomic mass is 9.97. The Kier molecular flexibility index (Phi) is 7.34. The summed E-state index contributed by atoms with van der Waals surface area (Å²) in [6.45, 7) is 3.41. The molecule has 0 bridgehead atoms. The van der Waals surface area contributed by atoms with Gasteiger partial charge in [-0.05, 0) is 41.8 Å². The lowest BCUT2D eigenvalue weighted by molar-refractivity contribution is -0.139. The highest BCUT2D eigenvalue weighted by atomic mass is 32.2. The summed E-state index contributed by atoms with van der Waals surface area (Å²) >= 11 is 1.51. The molecule has 0 radical (unpaired) electrons. The number of ether oxygens (including phenoxy) is 1. The molecule has 2 saturated heterocycles. The van der Waals surface area contributed by atoms with Crippen molar-refractivity contribution in [2.45, 2.75) is 24.0 Å². The van der Waals surface area contributed by atoms with Crippen molar-refractivity contribution in [3.05, 3.63) is 59.7 Å². The minimum Gasteiger partial charge on any atom is -0.497 e. The molecule has 2 aromatic carbocycles. The number of benzene rings is 2. The molecule has 0 aromatic heterocycles. The zero-order chi connectivity index (χ0) is 21.6. The standard InChI is InChI=1S/C23H30N4O3S/c1-30-20-8-4-17(5-9-20)18-14-24-23(25-15-18)26-19-6-2-16(3-7-19)10-11-27-12-13-31-21(27)22(28)29/h2-9,18,21,23-26H,10-15H2,1H3,(H,28,29). The number of carboxylic acids is 1. The third-order valence-electron chi connectivity index (χ3n) is 5.87. The van der Waals surface area contributed by atoms with Gasteiger partial charge in [0, 0.05) is 43.5 Å². The van der Waals surface area contributed by atoms with Crippen molar-refractivity contribution in [1.82, 2.24) is 15.5 Å². The summed E-state index contributed by atoms with van der Waals surface area (Å²) < 4.78 is 5.24. The largest absolute Gasteiger partial charge is 0.497 e. The summed E-state index contributed by atoms with van der Waals surface area (Å²) in [4.78, 5) is 13.3. The van der Waals surface area contributed by atoms with Crippen LogP contribution in [0.15, 0.2) is 48.5 Å². The van der Waals surface area contributed by atoms with E-state index in [4.69, 9.17) is 4.74 Å². The van der Waals surface area contributed by atoms with E-state index < -0.39 is 11.3 Å². The van der Waals surface area contributed by atoms with Crippen molar-refractivity contribution < 1.29 is 14.6 Å². The van der Waals surface area contributed by atoms with Gasteiger partial charge in [0.15, 0.2) is 5.37 Å². The first-order chi connectivity index (χ1) is 15.1. The molecule has 4 N–H and O–H groups in total. The van der Waals surface area contributed by atoms with Crippen LogP contribution < -0.4 is 20.7 Å². The number of aliphatic carboxylic acids is 1. The summed E-state index contributed by atoms with van der Waals surface area (Å²) in [5.41, 5.74) is 3.57. The van der Waals surface area contributed by atoms with Crippen molar-refractivity contribution in [2.24, 2.45) is 0 Å². The molecule has 0 spiro atoms. The molecular weight excluding hydrogens is 412 g/mol. The summed E-state index contributed by atoms with van der Waals surface area (Å²) in [7, 11) is 1.68. The zero-order valence-electron chi connectivity index (χ0n) is 17.7. The topological polar surface area (TPSA) is 85.9 Å². The van der Waals surface area contributed by atoms with E-state index in [1.807, 2.05) is 17.0 Å². The van der Waals surface area contributed by atoms with Gasteiger partial charge in [-0.2, -0.15) is 0 Å². The minimum absolute atomic E-state index is 0.0262. The van der Waals surface area contributed by atoms with E-state index in [2.05, 4.69) is 52.3 Å². The fraction of sp³-hybridized carbons (Fsp3) is 0.435.